The van der Waals surface area contributed by atoms with Crippen molar-refractivity contribution in [2.75, 3.05) is 0 Å². The largest absolute Gasteiger partial charge is 0.389 e. The lowest BCUT2D eigenvalue weighted by atomic mass is 10.0. The molecule has 94 valence electrons. The van der Waals surface area contributed by atoms with E-state index in [-0.39, 0.29) is 6.10 Å². The molecule has 0 aliphatic rings. The Bertz CT molecular complexity index is 354. The average Bonchev–Trinajstić information content (AvgIpc) is 2.34. The molecule has 1 nitrogen and oxygen atoms in total. The number of unbranched alkanes of at least 4 members (excludes halogenated alkanes) is 2. The van der Waals surface area contributed by atoms with Crippen LogP contribution in [0, 0.1) is 0 Å². The van der Waals surface area contributed by atoms with Gasteiger partial charge in [-0.25, -0.2) is 0 Å². The van der Waals surface area contributed by atoms with Crippen LogP contribution in [0.1, 0.15) is 45.1 Å². The fourth-order valence-corrected chi connectivity index (χ4v) is 2.92. The SMILES string of the molecule is CCCCC/C(=C(/I)c1ccccc1)C(C)O. The van der Waals surface area contributed by atoms with Gasteiger partial charge in [-0.2, -0.15) is 0 Å². The number of benzene rings is 1. The van der Waals surface area contributed by atoms with Crippen molar-refractivity contribution in [2.24, 2.45) is 0 Å². The fraction of sp³-hybridized carbons (Fsp3) is 0.467. The Labute approximate surface area is 118 Å². The van der Waals surface area contributed by atoms with Gasteiger partial charge in [0.25, 0.3) is 0 Å². The summed E-state index contributed by atoms with van der Waals surface area (Å²) < 4.78 is 1.20. The van der Waals surface area contributed by atoms with Crippen LogP contribution < -0.4 is 0 Å². The molecule has 0 bridgehead atoms. The van der Waals surface area contributed by atoms with Gasteiger partial charge in [-0.1, -0.05) is 50.1 Å². The van der Waals surface area contributed by atoms with Crippen molar-refractivity contribution in [3.05, 3.63) is 41.5 Å². The minimum atomic E-state index is -0.348. The van der Waals surface area contributed by atoms with Crippen LogP contribution in [0.2, 0.25) is 0 Å². The van der Waals surface area contributed by atoms with E-state index in [2.05, 4.69) is 41.6 Å². The summed E-state index contributed by atoms with van der Waals surface area (Å²) in [4.78, 5) is 0. The first-order chi connectivity index (χ1) is 8.16. The molecule has 17 heavy (non-hydrogen) atoms. The van der Waals surface area contributed by atoms with Gasteiger partial charge in [0.05, 0.1) is 6.10 Å². The predicted molar refractivity (Wildman–Crippen MR) is 83.2 cm³/mol. The minimum Gasteiger partial charge on any atom is -0.389 e. The van der Waals surface area contributed by atoms with Crippen LogP contribution in [0.4, 0.5) is 0 Å². The van der Waals surface area contributed by atoms with Gasteiger partial charge in [-0.15, -0.1) is 0 Å². The molecule has 1 atom stereocenters. The van der Waals surface area contributed by atoms with E-state index in [1.165, 1.54) is 27.6 Å². The molecule has 1 N–H and O–H groups in total. The first-order valence-corrected chi connectivity index (χ1v) is 7.36. The zero-order valence-electron chi connectivity index (χ0n) is 10.6. The van der Waals surface area contributed by atoms with E-state index in [4.69, 9.17) is 0 Å². The van der Waals surface area contributed by atoms with Crippen molar-refractivity contribution < 1.29 is 5.11 Å². The van der Waals surface area contributed by atoms with Crippen LogP contribution in [0.15, 0.2) is 35.9 Å². The highest BCUT2D eigenvalue weighted by Gasteiger charge is 2.11. The number of aliphatic hydroxyl groups excluding tert-OH is 1. The van der Waals surface area contributed by atoms with Crippen molar-refractivity contribution >= 4 is 26.2 Å². The molecule has 1 aromatic rings. The maximum Gasteiger partial charge on any atom is 0.0735 e. The molecule has 0 heterocycles. The Balaban J connectivity index is 2.87. The van der Waals surface area contributed by atoms with Gasteiger partial charge < -0.3 is 5.11 Å². The summed E-state index contributed by atoms with van der Waals surface area (Å²) in [6.07, 6.45) is 4.26. The van der Waals surface area contributed by atoms with E-state index in [1.807, 2.05) is 25.1 Å². The van der Waals surface area contributed by atoms with Crippen molar-refractivity contribution in [1.82, 2.24) is 0 Å². The fourth-order valence-electron chi connectivity index (χ4n) is 1.84. The molecule has 0 saturated carbocycles. The molecular formula is C15H21IO. The second-order valence-corrected chi connectivity index (χ2v) is 5.42. The van der Waals surface area contributed by atoms with E-state index < -0.39 is 0 Å². The second kappa shape index (κ2) is 7.88. The summed E-state index contributed by atoms with van der Waals surface area (Å²) in [5.41, 5.74) is 2.38. The summed E-state index contributed by atoms with van der Waals surface area (Å²) in [5.74, 6) is 0. The third-order valence-electron chi connectivity index (χ3n) is 2.86. The molecule has 0 radical (unpaired) electrons. The van der Waals surface area contributed by atoms with Crippen molar-refractivity contribution in [2.45, 2.75) is 45.6 Å². The quantitative estimate of drug-likeness (QED) is 0.581. The normalized spacial score (nSPS) is 14.4. The Morgan fingerprint density at radius 2 is 1.88 bits per heavy atom. The predicted octanol–water partition coefficient (Wildman–Crippen LogP) is 4.79. The van der Waals surface area contributed by atoms with Crippen LogP contribution >= 0.6 is 22.6 Å². The molecular weight excluding hydrogens is 323 g/mol. The van der Waals surface area contributed by atoms with Gasteiger partial charge in [0.15, 0.2) is 0 Å². The Hall–Kier alpha value is -0.350. The van der Waals surface area contributed by atoms with E-state index >= 15 is 0 Å². The highest BCUT2D eigenvalue weighted by atomic mass is 127. The number of hydrogen-bond acceptors (Lipinski definition) is 1. The summed E-state index contributed by atoms with van der Waals surface area (Å²) in [6, 6.07) is 10.3. The third-order valence-corrected chi connectivity index (χ3v) is 4.18. The number of aliphatic hydroxyl groups is 1. The monoisotopic (exact) mass is 344 g/mol. The van der Waals surface area contributed by atoms with Crippen molar-refractivity contribution in [3.8, 4) is 0 Å². The zero-order chi connectivity index (χ0) is 12.7. The lowest BCUT2D eigenvalue weighted by Gasteiger charge is -2.14. The molecule has 0 saturated heterocycles. The highest BCUT2D eigenvalue weighted by Crippen LogP contribution is 2.30. The molecule has 0 aliphatic carbocycles. The third kappa shape index (κ3) is 4.80. The molecule has 1 rings (SSSR count). The average molecular weight is 344 g/mol. The molecule has 0 spiro atoms. The van der Waals surface area contributed by atoms with Crippen LogP contribution in [0.5, 0.6) is 0 Å². The molecule has 0 amide bonds. The van der Waals surface area contributed by atoms with Gasteiger partial charge in [0.2, 0.25) is 0 Å². The second-order valence-electron chi connectivity index (χ2n) is 4.34. The topological polar surface area (TPSA) is 20.2 Å². The number of rotatable bonds is 6. The Morgan fingerprint density at radius 3 is 2.41 bits per heavy atom. The van der Waals surface area contributed by atoms with Gasteiger partial charge >= 0.3 is 0 Å². The van der Waals surface area contributed by atoms with Crippen molar-refractivity contribution in [3.63, 3.8) is 0 Å². The summed E-state index contributed by atoms with van der Waals surface area (Å²) in [7, 11) is 0. The Kier molecular flexibility index (Phi) is 6.82. The van der Waals surface area contributed by atoms with Gasteiger partial charge in [0.1, 0.15) is 0 Å². The molecule has 2 heteroatoms. The maximum absolute atomic E-state index is 9.88. The van der Waals surface area contributed by atoms with E-state index in [9.17, 15) is 5.11 Å². The molecule has 1 aromatic carbocycles. The molecule has 1 unspecified atom stereocenters. The zero-order valence-corrected chi connectivity index (χ0v) is 12.8. The summed E-state index contributed by atoms with van der Waals surface area (Å²) in [6.45, 7) is 4.07. The molecule has 0 aliphatic heterocycles. The van der Waals surface area contributed by atoms with Gasteiger partial charge in [-0.3, -0.25) is 0 Å². The van der Waals surface area contributed by atoms with Crippen LogP contribution in [0.25, 0.3) is 3.58 Å². The van der Waals surface area contributed by atoms with E-state index in [1.54, 1.807) is 0 Å². The summed E-state index contributed by atoms with van der Waals surface area (Å²) in [5, 5.41) is 9.88. The number of hydrogen-bond donors (Lipinski definition) is 1. The van der Waals surface area contributed by atoms with E-state index in [0.717, 1.165) is 12.8 Å². The van der Waals surface area contributed by atoms with Crippen LogP contribution in [-0.4, -0.2) is 11.2 Å². The lowest BCUT2D eigenvalue weighted by Crippen LogP contribution is -2.06. The van der Waals surface area contributed by atoms with Gasteiger partial charge in [0, 0.05) is 3.58 Å². The van der Waals surface area contributed by atoms with Gasteiger partial charge in [-0.05, 0) is 53.5 Å². The number of halogens is 1. The lowest BCUT2D eigenvalue weighted by molar-refractivity contribution is 0.227. The van der Waals surface area contributed by atoms with Crippen molar-refractivity contribution in [1.29, 1.82) is 0 Å². The highest BCUT2D eigenvalue weighted by molar-refractivity contribution is 14.1. The maximum atomic E-state index is 9.88. The standard InChI is InChI=1S/C15H21IO/c1-3-4-6-11-14(12(2)17)15(16)13-9-7-5-8-10-13/h5,7-10,12,17H,3-4,6,11H2,1-2H3/b15-14-. The van der Waals surface area contributed by atoms with Crippen LogP contribution in [-0.2, 0) is 0 Å². The minimum absolute atomic E-state index is 0.348. The molecule has 0 fully saturated rings. The first-order valence-electron chi connectivity index (χ1n) is 6.28. The summed E-state index contributed by atoms with van der Waals surface area (Å²) >= 11 is 2.36. The van der Waals surface area contributed by atoms with E-state index in [0.29, 0.717) is 0 Å². The smallest absolute Gasteiger partial charge is 0.0735 e. The molecule has 0 aromatic heterocycles. The Morgan fingerprint density at radius 1 is 1.24 bits per heavy atom. The first kappa shape index (κ1) is 14.7. The van der Waals surface area contributed by atoms with Crippen LogP contribution in [0.3, 0.4) is 0 Å².